The van der Waals surface area contributed by atoms with E-state index in [2.05, 4.69) is 5.32 Å². The van der Waals surface area contributed by atoms with E-state index in [9.17, 15) is 28.1 Å². The van der Waals surface area contributed by atoms with Crippen LogP contribution in [0.1, 0.15) is 44.6 Å². The van der Waals surface area contributed by atoms with Gasteiger partial charge in [0, 0.05) is 24.7 Å². The molecule has 2 amide bonds. The van der Waals surface area contributed by atoms with E-state index in [-0.39, 0.29) is 34.8 Å². The van der Waals surface area contributed by atoms with Crippen molar-refractivity contribution < 1.29 is 27.7 Å². The summed E-state index contributed by atoms with van der Waals surface area (Å²) in [6, 6.07) is 18.9. The average Bonchev–Trinajstić information content (AvgIpc) is 3.53. The van der Waals surface area contributed by atoms with Crippen LogP contribution in [0, 0.1) is 10.1 Å². The zero-order valence-corrected chi connectivity index (χ0v) is 25.0. The number of amides is 2. The van der Waals surface area contributed by atoms with Gasteiger partial charge in [-0.25, -0.2) is 8.42 Å². The van der Waals surface area contributed by atoms with Gasteiger partial charge in [0.15, 0.2) is 0 Å². The Kier molecular flexibility index (Phi) is 10.4. The van der Waals surface area contributed by atoms with E-state index >= 15 is 0 Å². The van der Waals surface area contributed by atoms with Crippen molar-refractivity contribution in [2.24, 2.45) is 0 Å². The number of carbonyl (C=O) groups excluding carboxylic acids is 2. The zero-order chi connectivity index (χ0) is 31.0. The maximum absolute atomic E-state index is 14.2. The molecule has 0 aromatic heterocycles. The number of ether oxygens (including phenoxy) is 1. The molecule has 12 heteroatoms. The van der Waals surface area contributed by atoms with Crippen LogP contribution in [0.3, 0.4) is 0 Å². The lowest BCUT2D eigenvalue weighted by atomic mass is 10.1. The minimum absolute atomic E-state index is 0.0328. The molecule has 1 aliphatic rings. The first-order chi connectivity index (χ1) is 20.6. The standard InChI is InChI=1S/C31H36N4O7S/c1-3-29(31(37)32-24-11-7-8-12-24)33(21-23-10-9-13-27(20-23)42-2)30(36)22-34(25-16-18-26(19-17-25)35(38)39)43(40,41)28-14-5-4-6-15-28/h4-6,9-10,13-20,24,29H,3,7-8,11-12,21-22H2,1-2H3,(H,32,37)/t29-/m0/s1. The second-order valence-corrected chi connectivity index (χ2v) is 12.2. The van der Waals surface area contributed by atoms with Crippen molar-refractivity contribution in [3.8, 4) is 5.75 Å². The van der Waals surface area contributed by atoms with Gasteiger partial charge in [0.05, 0.1) is 22.6 Å². The maximum Gasteiger partial charge on any atom is 0.269 e. The van der Waals surface area contributed by atoms with Crippen LogP contribution < -0.4 is 14.4 Å². The van der Waals surface area contributed by atoms with E-state index in [0.717, 1.165) is 30.0 Å². The fourth-order valence-corrected chi connectivity index (χ4v) is 6.68. The highest BCUT2D eigenvalue weighted by molar-refractivity contribution is 7.92. The van der Waals surface area contributed by atoms with Crippen molar-refractivity contribution in [2.45, 2.75) is 62.6 Å². The van der Waals surface area contributed by atoms with E-state index < -0.39 is 33.4 Å². The van der Waals surface area contributed by atoms with Crippen molar-refractivity contribution in [1.29, 1.82) is 0 Å². The van der Waals surface area contributed by atoms with Crippen molar-refractivity contribution in [3.05, 3.63) is 94.5 Å². The minimum Gasteiger partial charge on any atom is -0.497 e. The molecule has 0 radical (unpaired) electrons. The monoisotopic (exact) mass is 608 g/mol. The average molecular weight is 609 g/mol. The highest BCUT2D eigenvalue weighted by atomic mass is 32.2. The van der Waals surface area contributed by atoms with Crippen LogP contribution in [0.5, 0.6) is 5.75 Å². The summed E-state index contributed by atoms with van der Waals surface area (Å²) in [6.45, 7) is 1.21. The summed E-state index contributed by atoms with van der Waals surface area (Å²) in [5.74, 6) is -0.319. The Morgan fingerprint density at radius 1 is 1.02 bits per heavy atom. The third-order valence-corrected chi connectivity index (χ3v) is 9.32. The predicted molar refractivity (Wildman–Crippen MR) is 162 cm³/mol. The summed E-state index contributed by atoms with van der Waals surface area (Å²) in [5, 5.41) is 14.3. The van der Waals surface area contributed by atoms with Gasteiger partial charge in [-0.3, -0.25) is 24.0 Å². The van der Waals surface area contributed by atoms with Crippen molar-refractivity contribution in [1.82, 2.24) is 10.2 Å². The third-order valence-electron chi connectivity index (χ3n) is 7.53. The molecule has 0 unspecified atom stereocenters. The van der Waals surface area contributed by atoms with E-state index in [1.54, 1.807) is 49.4 Å². The Morgan fingerprint density at radius 2 is 1.70 bits per heavy atom. The Morgan fingerprint density at radius 3 is 2.30 bits per heavy atom. The Labute approximate surface area is 251 Å². The van der Waals surface area contributed by atoms with E-state index in [4.69, 9.17) is 4.74 Å². The van der Waals surface area contributed by atoms with Crippen LogP contribution in [-0.4, -0.2) is 55.8 Å². The third kappa shape index (κ3) is 7.69. The summed E-state index contributed by atoms with van der Waals surface area (Å²) in [4.78, 5) is 39.7. The SMILES string of the molecule is CC[C@@H](C(=O)NC1CCCC1)N(Cc1cccc(OC)c1)C(=O)CN(c1ccc([N+](=O)[O-])cc1)S(=O)(=O)c1ccccc1. The summed E-state index contributed by atoms with van der Waals surface area (Å²) in [6.07, 6.45) is 4.09. The van der Waals surface area contributed by atoms with Gasteiger partial charge in [0.1, 0.15) is 18.3 Å². The zero-order valence-electron chi connectivity index (χ0n) is 24.2. The number of hydrogen-bond donors (Lipinski definition) is 1. The first kappa shape index (κ1) is 31.5. The highest BCUT2D eigenvalue weighted by Crippen LogP contribution is 2.27. The number of sulfonamides is 1. The lowest BCUT2D eigenvalue weighted by Gasteiger charge is -2.33. The Balaban J connectivity index is 1.72. The predicted octanol–water partition coefficient (Wildman–Crippen LogP) is 4.66. The quantitative estimate of drug-likeness (QED) is 0.220. The second kappa shape index (κ2) is 14.1. The lowest BCUT2D eigenvalue weighted by molar-refractivity contribution is -0.384. The van der Waals surface area contributed by atoms with Crippen molar-refractivity contribution in [2.75, 3.05) is 18.0 Å². The number of nitrogens with one attached hydrogen (secondary N) is 1. The largest absolute Gasteiger partial charge is 0.497 e. The molecule has 228 valence electrons. The van der Waals surface area contributed by atoms with Crippen LogP contribution in [0.4, 0.5) is 11.4 Å². The van der Waals surface area contributed by atoms with E-state index in [1.807, 2.05) is 0 Å². The van der Waals surface area contributed by atoms with Gasteiger partial charge in [0.25, 0.3) is 15.7 Å². The molecule has 0 saturated heterocycles. The fourth-order valence-electron chi connectivity index (χ4n) is 5.24. The summed E-state index contributed by atoms with van der Waals surface area (Å²) < 4.78 is 34.0. The maximum atomic E-state index is 14.2. The Bertz CT molecular complexity index is 1530. The molecule has 0 aliphatic heterocycles. The van der Waals surface area contributed by atoms with Gasteiger partial charge in [-0.2, -0.15) is 0 Å². The molecule has 4 rings (SSSR count). The second-order valence-electron chi connectivity index (χ2n) is 10.4. The minimum atomic E-state index is -4.28. The van der Waals surface area contributed by atoms with Gasteiger partial charge in [-0.15, -0.1) is 0 Å². The molecule has 1 aliphatic carbocycles. The highest BCUT2D eigenvalue weighted by Gasteiger charge is 2.34. The van der Waals surface area contributed by atoms with Crippen LogP contribution in [-0.2, 0) is 26.2 Å². The molecule has 3 aromatic carbocycles. The number of non-ortho nitro benzene ring substituents is 1. The molecule has 0 heterocycles. The number of methoxy groups -OCH3 is 1. The number of benzene rings is 3. The first-order valence-corrected chi connectivity index (χ1v) is 15.6. The molecule has 1 fully saturated rings. The number of carbonyl (C=O) groups is 2. The van der Waals surface area contributed by atoms with Crippen LogP contribution in [0.25, 0.3) is 0 Å². The first-order valence-electron chi connectivity index (χ1n) is 14.2. The van der Waals surface area contributed by atoms with E-state index in [0.29, 0.717) is 17.7 Å². The molecule has 1 N–H and O–H groups in total. The van der Waals surface area contributed by atoms with Crippen LogP contribution in [0.15, 0.2) is 83.8 Å². The molecule has 0 bridgehead atoms. The molecular formula is C31H36N4O7S. The molecule has 43 heavy (non-hydrogen) atoms. The summed E-state index contributed by atoms with van der Waals surface area (Å²) >= 11 is 0. The molecular weight excluding hydrogens is 572 g/mol. The van der Waals surface area contributed by atoms with Crippen molar-refractivity contribution in [3.63, 3.8) is 0 Å². The van der Waals surface area contributed by atoms with Crippen molar-refractivity contribution >= 4 is 33.2 Å². The van der Waals surface area contributed by atoms with E-state index in [1.165, 1.54) is 48.4 Å². The smallest absolute Gasteiger partial charge is 0.269 e. The molecule has 0 spiro atoms. The number of rotatable bonds is 13. The molecule has 3 aromatic rings. The normalized spacial score (nSPS) is 14.1. The van der Waals surface area contributed by atoms with Gasteiger partial charge >= 0.3 is 0 Å². The molecule has 1 atom stereocenters. The fraction of sp³-hybridized carbons (Fsp3) is 0.355. The number of nitro benzene ring substituents is 1. The van der Waals surface area contributed by atoms with Gasteiger partial charge in [0.2, 0.25) is 11.8 Å². The van der Waals surface area contributed by atoms with Gasteiger partial charge in [-0.1, -0.05) is 50.1 Å². The topological polar surface area (TPSA) is 139 Å². The molecule has 11 nitrogen and oxygen atoms in total. The summed E-state index contributed by atoms with van der Waals surface area (Å²) in [7, 11) is -2.75. The number of hydrogen-bond acceptors (Lipinski definition) is 7. The summed E-state index contributed by atoms with van der Waals surface area (Å²) in [5.41, 5.74) is 0.557. The number of nitro groups is 1. The number of anilines is 1. The lowest BCUT2D eigenvalue weighted by Crippen LogP contribution is -2.53. The van der Waals surface area contributed by atoms with Crippen LogP contribution in [0.2, 0.25) is 0 Å². The van der Waals surface area contributed by atoms with Crippen LogP contribution >= 0.6 is 0 Å². The Hall–Kier alpha value is -4.45. The van der Waals surface area contributed by atoms with Gasteiger partial charge in [-0.05, 0) is 61.2 Å². The number of nitrogens with zero attached hydrogens (tertiary/aromatic N) is 3. The molecule has 1 saturated carbocycles. The van der Waals surface area contributed by atoms with Gasteiger partial charge < -0.3 is 15.0 Å².